The number of pyridine rings is 2. The number of hydrogen-bond acceptors (Lipinski definition) is 3. The van der Waals surface area contributed by atoms with Gasteiger partial charge in [-0.25, -0.2) is 0 Å². The molecule has 0 saturated carbocycles. The lowest BCUT2D eigenvalue weighted by Crippen LogP contribution is -1.92. The molecule has 0 radical (unpaired) electrons. The molecule has 0 amide bonds. The quantitative estimate of drug-likeness (QED) is 0.166. The molecule has 0 N–H and O–H groups in total. The topological polar surface area (TPSA) is 25.8 Å². The molecule has 0 saturated heterocycles. The Morgan fingerprint density at radius 2 is 0.721 bits per heavy atom. The van der Waals surface area contributed by atoms with Gasteiger partial charge in [0.05, 0.1) is 11.0 Å². The van der Waals surface area contributed by atoms with Crippen LogP contribution in [0.5, 0.6) is 0 Å². The Kier molecular flexibility index (Phi) is 7.51. The molecule has 0 spiro atoms. The van der Waals surface area contributed by atoms with E-state index >= 15 is 0 Å². The lowest BCUT2D eigenvalue weighted by molar-refractivity contribution is 1.41. The molecular formula is C58H34N2S. The summed E-state index contributed by atoms with van der Waals surface area (Å²) in [7, 11) is 0. The SMILES string of the molecule is c1cnc2cc(-c3c4ccccc4c(-c4ccc5c(c4)sc4cccc(-c6c7ccccc7c(-c7ccc8cccnc8c7)c7ccccc67)c45)c4ccccc34)ccc2c1. The number of thiophene rings is 1. The van der Waals surface area contributed by atoms with E-state index in [9.17, 15) is 0 Å². The van der Waals surface area contributed by atoms with Crippen LogP contribution in [0.2, 0.25) is 0 Å². The molecule has 0 bridgehead atoms. The molecule has 0 aliphatic carbocycles. The van der Waals surface area contributed by atoms with Crippen molar-refractivity contribution in [2.75, 3.05) is 0 Å². The molecule has 0 fully saturated rings. The van der Waals surface area contributed by atoms with Crippen LogP contribution in [0.4, 0.5) is 0 Å². The standard InChI is InChI=1S/C58H34N2S/c1-3-16-42-40(14-1)54(37-26-24-35-12-10-30-59-50(35)32-37)41-15-2-4-17-43(41)56(42)39-28-29-48-53(34-39)61-52-23-9-22-49(58(48)52)57-46-20-7-5-18-44(46)55(45-19-6-8-21-47(45)57)38-27-25-36-13-11-31-60-51(36)33-38/h1-34H. The number of benzene rings is 10. The number of aromatic nitrogens is 2. The first-order chi connectivity index (χ1) is 30.3. The minimum atomic E-state index is 1.01. The van der Waals surface area contributed by atoms with Crippen LogP contribution in [-0.2, 0) is 0 Å². The van der Waals surface area contributed by atoms with Crippen LogP contribution in [-0.4, -0.2) is 9.97 Å². The molecule has 3 aromatic heterocycles. The van der Waals surface area contributed by atoms with E-state index in [1.165, 1.54) is 108 Å². The van der Waals surface area contributed by atoms with Crippen molar-refractivity contribution in [3.8, 4) is 44.5 Å². The van der Waals surface area contributed by atoms with Crippen LogP contribution in [0.25, 0.3) is 130 Å². The van der Waals surface area contributed by atoms with Gasteiger partial charge in [0.1, 0.15) is 0 Å². The first kappa shape index (κ1) is 34.2. The highest BCUT2D eigenvalue weighted by Crippen LogP contribution is 2.50. The van der Waals surface area contributed by atoms with Gasteiger partial charge in [0.25, 0.3) is 0 Å². The summed E-state index contributed by atoms with van der Waals surface area (Å²) in [5, 5.41) is 14.9. The van der Waals surface area contributed by atoms with Gasteiger partial charge < -0.3 is 0 Å². The van der Waals surface area contributed by atoms with E-state index in [1.54, 1.807) is 0 Å². The van der Waals surface area contributed by atoms with E-state index in [-0.39, 0.29) is 0 Å². The fourth-order valence-corrected chi connectivity index (χ4v) is 11.3. The highest BCUT2D eigenvalue weighted by Gasteiger charge is 2.22. The van der Waals surface area contributed by atoms with Crippen molar-refractivity contribution in [3.63, 3.8) is 0 Å². The normalized spacial score (nSPS) is 11.9. The Morgan fingerprint density at radius 1 is 0.295 bits per heavy atom. The third kappa shape index (κ3) is 5.21. The van der Waals surface area contributed by atoms with E-state index < -0.39 is 0 Å². The van der Waals surface area contributed by atoms with E-state index in [0.29, 0.717) is 0 Å². The largest absolute Gasteiger partial charge is 0.256 e. The molecular weight excluding hydrogens is 757 g/mol. The summed E-state index contributed by atoms with van der Waals surface area (Å²) in [6.45, 7) is 0. The van der Waals surface area contributed by atoms with E-state index in [1.807, 2.05) is 35.9 Å². The second-order valence-corrected chi connectivity index (χ2v) is 17.1. The number of nitrogens with zero attached hydrogens (tertiary/aromatic N) is 2. The molecule has 13 rings (SSSR count). The van der Waals surface area contributed by atoms with E-state index in [0.717, 1.165) is 21.8 Å². The Labute approximate surface area is 355 Å². The molecule has 282 valence electrons. The van der Waals surface area contributed by atoms with Crippen molar-refractivity contribution >= 4 is 96.4 Å². The van der Waals surface area contributed by atoms with Crippen LogP contribution >= 0.6 is 11.3 Å². The maximum Gasteiger partial charge on any atom is 0.0708 e. The molecule has 0 aliphatic heterocycles. The first-order valence-corrected chi connectivity index (χ1v) is 21.6. The van der Waals surface area contributed by atoms with Crippen molar-refractivity contribution in [3.05, 3.63) is 207 Å². The molecule has 0 unspecified atom stereocenters. The molecule has 2 nitrogen and oxygen atoms in total. The minimum absolute atomic E-state index is 1.01. The molecule has 0 atom stereocenters. The third-order valence-electron chi connectivity index (χ3n) is 12.7. The van der Waals surface area contributed by atoms with Crippen LogP contribution in [0.3, 0.4) is 0 Å². The zero-order valence-electron chi connectivity index (χ0n) is 32.9. The Bertz CT molecular complexity index is 3840. The second kappa shape index (κ2) is 13.4. The van der Waals surface area contributed by atoms with Crippen molar-refractivity contribution in [1.82, 2.24) is 9.97 Å². The maximum atomic E-state index is 4.73. The summed E-state index contributed by atoms with van der Waals surface area (Å²) in [6, 6.07) is 71.4. The van der Waals surface area contributed by atoms with Crippen LogP contribution < -0.4 is 0 Å². The summed E-state index contributed by atoms with van der Waals surface area (Å²) in [6.07, 6.45) is 3.76. The molecule has 0 aliphatic rings. The van der Waals surface area contributed by atoms with Gasteiger partial charge in [-0.3, -0.25) is 9.97 Å². The van der Waals surface area contributed by atoms with Gasteiger partial charge in [0.15, 0.2) is 0 Å². The number of hydrogen-bond donors (Lipinski definition) is 0. The fraction of sp³-hybridized carbons (Fsp3) is 0. The average Bonchev–Trinajstić information content (AvgIpc) is 3.70. The van der Waals surface area contributed by atoms with Gasteiger partial charge in [-0.15, -0.1) is 11.3 Å². The average molecular weight is 791 g/mol. The highest BCUT2D eigenvalue weighted by molar-refractivity contribution is 7.26. The van der Waals surface area contributed by atoms with Crippen molar-refractivity contribution in [2.24, 2.45) is 0 Å². The Morgan fingerprint density at radius 3 is 1.20 bits per heavy atom. The lowest BCUT2D eigenvalue weighted by atomic mass is 9.84. The molecule has 3 heterocycles. The maximum absolute atomic E-state index is 4.73. The molecule has 13 aromatic rings. The number of rotatable bonds is 4. The van der Waals surface area contributed by atoms with Gasteiger partial charge in [-0.1, -0.05) is 158 Å². The zero-order chi connectivity index (χ0) is 40.0. The van der Waals surface area contributed by atoms with E-state index in [2.05, 4.69) is 182 Å². The lowest BCUT2D eigenvalue weighted by Gasteiger charge is -2.19. The van der Waals surface area contributed by atoms with Gasteiger partial charge in [-0.2, -0.15) is 0 Å². The fourth-order valence-electron chi connectivity index (χ4n) is 10.1. The van der Waals surface area contributed by atoms with Crippen molar-refractivity contribution in [1.29, 1.82) is 0 Å². The zero-order valence-corrected chi connectivity index (χ0v) is 33.7. The van der Waals surface area contributed by atoms with Crippen LogP contribution in [0.1, 0.15) is 0 Å². The van der Waals surface area contributed by atoms with Gasteiger partial charge in [0.2, 0.25) is 0 Å². The summed E-state index contributed by atoms with van der Waals surface area (Å²) >= 11 is 1.89. The summed E-state index contributed by atoms with van der Waals surface area (Å²) < 4.78 is 2.57. The minimum Gasteiger partial charge on any atom is -0.256 e. The highest BCUT2D eigenvalue weighted by atomic mass is 32.1. The first-order valence-electron chi connectivity index (χ1n) is 20.8. The Hall–Kier alpha value is -7.72. The number of fused-ring (bicyclic) bond motifs is 9. The molecule has 3 heteroatoms. The van der Waals surface area contributed by atoms with Gasteiger partial charge >= 0.3 is 0 Å². The van der Waals surface area contributed by atoms with Gasteiger partial charge in [0, 0.05) is 43.3 Å². The summed E-state index contributed by atoms with van der Waals surface area (Å²) in [4.78, 5) is 9.45. The van der Waals surface area contributed by atoms with Crippen molar-refractivity contribution in [2.45, 2.75) is 0 Å². The van der Waals surface area contributed by atoms with Crippen molar-refractivity contribution < 1.29 is 0 Å². The Balaban J connectivity index is 1.04. The molecule has 10 aromatic carbocycles. The van der Waals surface area contributed by atoms with Crippen LogP contribution in [0, 0.1) is 0 Å². The smallest absolute Gasteiger partial charge is 0.0708 e. The molecule has 61 heavy (non-hydrogen) atoms. The predicted octanol–water partition coefficient (Wildman–Crippen LogP) is 16.4. The predicted molar refractivity (Wildman–Crippen MR) is 262 cm³/mol. The third-order valence-corrected chi connectivity index (χ3v) is 13.8. The van der Waals surface area contributed by atoms with Crippen LogP contribution in [0.15, 0.2) is 207 Å². The summed E-state index contributed by atoms with van der Waals surface area (Å²) in [5.74, 6) is 0. The second-order valence-electron chi connectivity index (χ2n) is 16.0. The van der Waals surface area contributed by atoms with Gasteiger partial charge in [-0.05, 0) is 124 Å². The summed E-state index contributed by atoms with van der Waals surface area (Å²) in [5.41, 5.74) is 11.9. The monoisotopic (exact) mass is 790 g/mol. The van der Waals surface area contributed by atoms with E-state index in [4.69, 9.17) is 9.97 Å².